The van der Waals surface area contributed by atoms with Gasteiger partial charge in [0, 0.05) is 0 Å². The summed E-state index contributed by atoms with van der Waals surface area (Å²) in [6.45, 7) is 23.7. The first kappa shape index (κ1) is 27.4. The summed E-state index contributed by atoms with van der Waals surface area (Å²) in [5.74, 6) is 0. The molecule has 0 heterocycles. The summed E-state index contributed by atoms with van der Waals surface area (Å²) in [4.78, 5) is 0. The van der Waals surface area contributed by atoms with Crippen LogP contribution in [0.3, 0.4) is 0 Å². The van der Waals surface area contributed by atoms with Crippen molar-refractivity contribution in [2.24, 2.45) is 0 Å². The van der Waals surface area contributed by atoms with Crippen LogP contribution in [-0.4, -0.2) is 69.5 Å². The second kappa shape index (κ2) is 21.6. The van der Waals surface area contributed by atoms with E-state index in [0.29, 0.717) is 0 Å². The molecule has 0 atom stereocenters. The Morgan fingerprint density at radius 3 is 0.600 bits per heavy atom. The fourth-order valence-corrected chi connectivity index (χ4v) is 11.6. The van der Waals surface area contributed by atoms with Crippen molar-refractivity contribution in [2.75, 3.05) is 26.7 Å². The zero-order chi connectivity index (χ0) is 16.6. The van der Waals surface area contributed by atoms with E-state index in [2.05, 4.69) is 68.2 Å². The molecule has 0 N–H and O–H groups in total. The molecule has 0 aromatic heterocycles. The van der Waals surface area contributed by atoms with Gasteiger partial charge in [0.2, 0.25) is 0 Å². The smallest absolute Gasteiger partial charge is 0.0775 e. The summed E-state index contributed by atoms with van der Waals surface area (Å²) in [6, 6.07) is 0. The molecule has 0 aliphatic carbocycles. The van der Waals surface area contributed by atoms with Crippen LogP contribution >= 0.6 is 15.2 Å². The Morgan fingerprint density at radius 2 is 0.600 bits per heavy atom. The molecule has 0 bridgehead atoms. The molecule has 0 aromatic rings. The molecule has 0 saturated heterocycles. The molecule has 122 valence electrons. The average molecular weight is 528 g/mol. The molecular weight excluding hydrogens is 484 g/mol. The van der Waals surface area contributed by atoms with E-state index >= 15 is 0 Å². The SMILES string of the molecule is C[CH2][In]([CH2]C)[CH2]C.C[CH2][In]([CH2]C)[CH2]C.C[PH+](C)[PH+](C)C. The Bertz CT molecular complexity index is 128. The first-order chi connectivity index (χ1) is 9.33. The van der Waals surface area contributed by atoms with Crippen molar-refractivity contribution in [2.45, 2.75) is 66.6 Å². The van der Waals surface area contributed by atoms with Gasteiger partial charge in [0.05, 0.1) is 26.7 Å². The minimum absolute atomic E-state index is 0.150. The van der Waals surface area contributed by atoms with Gasteiger partial charge in [-0.15, -0.1) is 0 Å². The molecule has 20 heavy (non-hydrogen) atoms. The molecule has 0 aromatic carbocycles. The van der Waals surface area contributed by atoms with Gasteiger partial charge in [0.15, 0.2) is 0 Å². The first-order valence-electron chi connectivity index (χ1n) is 8.94. The van der Waals surface area contributed by atoms with Crippen LogP contribution in [0, 0.1) is 0 Å². The van der Waals surface area contributed by atoms with Gasteiger partial charge >= 0.3 is 109 Å². The third-order valence-corrected chi connectivity index (χ3v) is 32.2. The molecule has 0 aliphatic rings. The van der Waals surface area contributed by atoms with Crippen molar-refractivity contribution in [1.82, 2.24) is 0 Å². The van der Waals surface area contributed by atoms with E-state index in [1.807, 2.05) is 0 Å². The van der Waals surface area contributed by atoms with E-state index in [-0.39, 0.29) is 15.2 Å². The third-order valence-electron chi connectivity index (χ3n) is 4.46. The van der Waals surface area contributed by atoms with E-state index in [1.165, 1.54) is 0 Å². The Kier molecular flexibility index (Phi) is 29.6. The normalized spacial score (nSPS) is 9.60. The average Bonchev–Trinajstić information content (AvgIpc) is 2.44. The van der Waals surface area contributed by atoms with Crippen molar-refractivity contribution in [3.05, 3.63) is 0 Å². The number of hydrogen-bond donors (Lipinski definition) is 0. The fourth-order valence-electron chi connectivity index (χ4n) is 1.73. The third kappa shape index (κ3) is 22.9. The predicted molar refractivity (Wildman–Crippen MR) is 115 cm³/mol. The first-order valence-corrected chi connectivity index (χ1v) is 28.9. The van der Waals surface area contributed by atoms with Gasteiger partial charge < -0.3 is 0 Å². The molecule has 0 radical (unpaired) electrons. The Balaban J connectivity index is -0.000000218. The molecule has 0 amide bonds. The second-order valence-corrected chi connectivity index (χ2v) is 40.1. The monoisotopic (exact) mass is 528 g/mol. The van der Waals surface area contributed by atoms with Crippen LogP contribution in [0.25, 0.3) is 0 Å². The quantitative estimate of drug-likeness (QED) is 0.315. The van der Waals surface area contributed by atoms with Gasteiger partial charge in [0.25, 0.3) is 0 Å². The van der Waals surface area contributed by atoms with E-state index in [4.69, 9.17) is 0 Å². The summed E-state index contributed by atoms with van der Waals surface area (Å²) < 4.78 is 9.38. The molecule has 0 fully saturated rings. The molecule has 0 nitrogen and oxygen atoms in total. The zero-order valence-corrected chi connectivity index (χ0v) is 25.0. The van der Waals surface area contributed by atoms with Gasteiger partial charge in [0.1, 0.15) is 15.2 Å². The molecule has 0 aliphatic heterocycles. The van der Waals surface area contributed by atoms with Gasteiger partial charge in [-0.25, -0.2) is 0 Å². The van der Waals surface area contributed by atoms with Gasteiger partial charge in [-0.05, 0) is 0 Å². The zero-order valence-electron chi connectivity index (χ0n) is 16.4. The van der Waals surface area contributed by atoms with E-state index in [1.54, 1.807) is 25.1 Å². The standard InChI is InChI=1S/C4H14P2.6C2H5.2In/c1-5(2)6(3)4;6*1-2;;/h5-6H,1-4H3;6*1H2,2H3;;/q+2;;;;;;;;. The van der Waals surface area contributed by atoms with E-state index in [9.17, 15) is 0 Å². The number of hydrogen-bond acceptors (Lipinski definition) is 0. The Hall–Kier alpha value is 2.60. The van der Waals surface area contributed by atoms with Crippen LogP contribution < -0.4 is 0 Å². The minimum atomic E-state index is -0.764. The molecule has 0 saturated carbocycles. The van der Waals surface area contributed by atoms with Crippen LogP contribution in [0.1, 0.15) is 41.5 Å². The Labute approximate surface area is 150 Å². The summed E-state index contributed by atoms with van der Waals surface area (Å²) in [7, 11) is 0.300. The van der Waals surface area contributed by atoms with Crippen LogP contribution in [0.15, 0.2) is 0 Å². The molecule has 0 unspecified atom stereocenters. The van der Waals surface area contributed by atoms with E-state index in [0.717, 1.165) is 0 Å². The minimum Gasteiger partial charge on any atom is 0.0775 e. The summed E-state index contributed by atoms with van der Waals surface area (Å²) in [6.07, 6.45) is 0. The number of rotatable bonds is 7. The van der Waals surface area contributed by atoms with Crippen LogP contribution in [0.5, 0.6) is 0 Å². The fraction of sp³-hybridized carbons (Fsp3) is 1.00. The van der Waals surface area contributed by atoms with Crippen molar-refractivity contribution < 1.29 is 0 Å². The maximum Gasteiger partial charge on any atom is 0.114 e. The van der Waals surface area contributed by atoms with Crippen molar-refractivity contribution in [3.8, 4) is 0 Å². The van der Waals surface area contributed by atoms with Crippen LogP contribution in [0.2, 0.25) is 25.1 Å². The largest absolute Gasteiger partial charge is 0.114 e. The molecule has 0 spiro atoms. The van der Waals surface area contributed by atoms with Gasteiger partial charge in [-0.3, -0.25) is 0 Å². The predicted octanol–water partition coefficient (Wildman–Crippen LogP) is 6.93. The molecule has 0 rings (SSSR count). The Morgan fingerprint density at radius 1 is 0.450 bits per heavy atom. The topological polar surface area (TPSA) is 0 Å². The van der Waals surface area contributed by atoms with Crippen molar-refractivity contribution >= 4 is 58.1 Å². The summed E-state index contributed by atoms with van der Waals surface area (Å²) in [5, 5.41) is 0. The van der Waals surface area contributed by atoms with Crippen molar-refractivity contribution in [3.63, 3.8) is 0 Å². The second-order valence-electron chi connectivity index (χ2n) is 6.18. The van der Waals surface area contributed by atoms with Gasteiger partial charge in [-0.1, -0.05) is 0 Å². The maximum absolute atomic E-state index is 2.39. The van der Waals surface area contributed by atoms with Crippen LogP contribution in [0.4, 0.5) is 0 Å². The molecule has 4 heteroatoms. The summed E-state index contributed by atoms with van der Waals surface area (Å²) >= 11 is -1.53. The van der Waals surface area contributed by atoms with E-state index < -0.39 is 42.9 Å². The van der Waals surface area contributed by atoms with Crippen LogP contribution in [-0.2, 0) is 0 Å². The maximum atomic E-state index is 2.39. The van der Waals surface area contributed by atoms with Gasteiger partial charge in [-0.2, -0.15) is 0 Å². The van der Waals surface area contributed by atoms with Crippen molar-refractivity contribution in [1.29, 1.82) is 0 Å². The summed E-state index contributed by atoms with van der Waals surface area (Å²) in [5.41, 5.74) is 0. The molecular formula is C16H44In2P2+2.